The number of nitrogens with two attached hydrogens (primary N) is 1. The number of hydrogen-bond donors (Lipinski definition) is 3. The number of nitrogen functional groups attached to an aromatic ring is 1. The van der Waals surface area contributed by atoms with E-state index < -0.39 is 0 Å². The van der Waals surface area contributed by atoms with Gasteiger partial charge < -0.3 is 10.2 Å². The average Bonchev–Trinajstić information content (AvgIpc) is 2.63. The first-order valence-electron chi connectivity index (χ1n) is 4.69. The standard InChI is InChI=1S/C9H12N6O/c1-5-3-9(15-14-5)16-8-4-7(13-10)11-6(2)12-8/h3-4H,10H2,1-2H3,(H,14,15)(H,11,12,13). The van der Waals surface area contributed by atoms with E-state index in [1.54, 1.807) is 19.1 Å². The summed E-state index contributed by atoms with van der Waals surface area (Å²) in [6.45, 7) is 3.64. The molecule has 0 saturated heterocycles. The summed E-state index contributed by atoms with van der Waals surface area (Å²) in [7, 11) is 0. The van der Waals surface area contributed by atoms with E-state index in [9.17, 15) is 0 Å². The lowest BCUT2D eigenvalue weighted by Crippen LogP contribution is -2.09. The Morgan fingerprint density at radius 3 is 2.69 bits per heavy atom. The topological polar surface area (TPSA) is 102 Å². The van der Waals surface area contributed by atoms with Crippen molar-refractivity contribution in [3.63, 3.8) is 0 Å². The lowest BCUT2D eigenvalue weighted by Gasteiger charge is -2.04. The lowest BCUT2D eigenvalue weighted by atomic mass is 10.5. The van der Waals surface area contributed by atoms with Crippen molar-refractivity contribution < 1.29 is 4.74 Å². The Kier molecular flexibility index (Phi) is 2.69. The molecule has 0 saturated carbocycles. The van der Waals surface area contributed by atoms with Crippen LogP contribution < -0.4 is 16.0 Å². The van der Waals surface area contributed by atoms with Crippen molar-refractivity contribution in [3.05, 3.63) is 23.7 Å². The Labute approximate surface area is 92.0 Å². The molecule has 16 heavy (non-hydrogen) atoms. The van der Waals surface area contributed by atoms with E-state index >= 15 is 0 Å². The fourth-order valence-corrected chi connectivity index (χ4v) is 1.22. The van der Waals surface area contributed by atoms with E-state index in [0.717, 1.165) is 5.69 Å². The monoisotopic (exact) mass is 220 g/mol. The van der Waals surface area contributed by atoms with Crippen LogP contribution in [0.25, 0.3) is 0 Å². The summed E-state index contributed by atoms with van der Waals surface area (Å²) in [5, 5.41) is 6.71. The maximum Gasteiger partial charge on any atom is 0.240 e. The molecule has 2 heterocycles. The average molecular weight is 220 g/mol. The second-order valence-corrected chi connectivity index (χ2v) is 3.27. The zero-order chi connectivity index (χ0) is 11.5. The number of H-pyrrole nitrogens is 1. The number of aromatic amines is 1. The Hall–Kier alpha value is -2.15. The van der Waals surface area contributed by atoms with Gasteiger partial charge in [0.15, 0.2) is 0 Å². The zero-order valence-corrected chi connectivity index (χ0v) is 8.98. The van der Waals surface area contributed by atoms with Crippen molar-refractivity contribution in [2.24, 2.45) is 5.84 Å². The molecule has 84 valence electrons. The molecule has 7 nitrogen and oxygen atoms in total. The molecule has 0 radical (unpaired) electrons. The Morgan fingerprint density at radius 1 is 1.25 bits per heavy atom. The van der Waals surface area contributed by atoms with Crippen LogP contribution in [0.3, 0.4) is 0 Å². The molecule has 0 spiro atoms. The van der Waals surface area contributed by atoms with Crippen LogP contribution >= 0.6 is 0 Å². The van der Waals surface area contributed by atoms with Gasteiger partial charge in [0.1, 0.15) is 11.6 Å². The molecule has 2 aromatic rings. The number of aryl methyl sites for hydroxylation is 2. The summed E-state index contributed by atoms with van der Waals surface area (Å²) < 4.78 is 5.43. The second-order valence-electron chi connectivity index (χ2n) is 3.27. The summed E-state index contributed by atoms with van der Waals surface area (Å²) in [5.74, 6) is 7.18. The van der Waals surface area contributed by atoms with Gasteiger partial charge in [-0.2, -0.15) is 4.98 Å². The third kappa shape index (κ3) is 2.26. The molecule has 2 rings (SSSR count). The van der Waals surface area contributed by atoms with Crippen LogP contribution in [-0.2, 0) is 0 Å². The molecule has 4 N–H and O–H groups in total. The van der Waals surface area contributed by atoms with E-state index in [1.165, 1.54) is 0 Å². The molecule has 0 fully saturated rings. The first-order valence-corrected chi connectivity index (χ1v) is 4.69. The minimum absolute atomic E-state index is 0.395. The smallest absolute Gasteiger partial charge is 0.240 e. The van der Waals surface area contributed by atoms with Gasteiger partial charge in [-0.05, 0) is 13.8 Å². The third-order valence-electron chi connectivity index (χ3n) is 1.85. The molecule has 0 aliphatic heterocycles. The summed E-state index contributed by atoms with van der Waals surface area (Å²) >= 11 is 0. The Balaban J connectivity index is 2.24. The van der Waals surface area contributed by atoms with Crippen molar-refractivity contribution in [1.29, 1.82) is 0 Å². The number of nitrogens with zero attached hydrogens (tertiary/aromatic N) is 3. The van der Waals surface area contributed by atoms with E-state index in [0.29, 0.717) is 23.4 Å². The largest absolute Gasteiger partial charge is 0.419 e. The second kappa shape index (κ2) is 4.15. The molecule has 0 amide bonds. The van der Waals surface area contributed by atoms with E-state index in [-0.39, 0.29) is 0 Å². The van der Waals surface area contributed by atoms with Gasteiger partial charge >= 0.3 is 0 Å². The third-order valence-corrected chi connectivity index (χ3v) is 1.85. The van der Waals surface area contributed by atoms with Gasteiger partial charge in [-0.15, -0.1) is 5.10 Å². The van der Waals surface area contributed by atoms with Crippen LogP contribution in [0.5, 0.6) is 11.8 Å². The van der Waals surface area contributed by atoms with Crippen LogP contribution in [0.2, 0.25) is 0 Å². The highest BCUT2D eigenvalue weighted by molar-refractivity contribution is 5.37. The Bertz CT molecular complexity index is 494. The van der Waals surface area contributed by atoms with Gasteiger partial charge in [-0.3, -0.25) is 5.10 Å². The van der Waals surface area contributed by atoms with Crippen molar-refractivity contribution in [2.75, 3.05) is 5.43 Å². The molecular weight excluding hydrogens is 208 g/mol. The number of hydrazine groups is 1. The molecule has 0 aliphatic carbocycles. The maximum absolute atomic E-state index is 5.43. The van der Waals surface area contributed by atoms with Gasteiger partial charge in [-0.1, -0.05) is 0 Å². The van der Waals surface area contributed by atoms with Crippen molar-refractivity contribution in [1.82, 2.24) is 20.2 Å². The van der Waals surface area contributed by atoms with E-state index in [1.807, 2.05) is 6.92 Å². The van der Waals surface area contributed by atoms with Gasteiger partial charge in [0.05, 0.1) is 0 Å². The molecule has 2 aromatic heterocycles. The predicted molar refractivity (Wildman–Crippen MR) is 58.0 cm³/mol. The number of nitrogens with one attached hydrogen (secondary N) is 2. The van der Waals surface area contributed by atoms with Crippen LogP contribution in [-0.4, -0.2) is 20.2 Å². The molecule has 0 unspecified atom stereocenters. The zero-order valence-electron chi connectivity index (χ0n) is 8.98. The number of anilines is 1. The minimum atomic E-state index is 0.395. The molecule has 0 aliphatic rings. The van der Waals surface area contributed by atoms with Crippen LogP contribution in [0, 0.1) is 13.8 Å². The van der Waals surface area contributed by atoms with Gasteiger partial charge in [0, 0.05) is 17.8 Å². The number of hydrogen-bond acceptors (Lipinski definition) is 6. The molecule has 0 aromatic carbocycles. The van der Waals surface area contributed by atoms with Gasteiger partial charge in [0.2, 0.25) is 11.8 Å². The number of aromatic nitrogens is 4. The fraction of sp³-hybridized carbons (Fsp3) is 0.222. The molecular formula is C9H12N6O. The maximum atomic E-state index is 5.43. The number of rotatable bonds is 3. The van der Waals surface area contributed by atoms with Crippen molar-refractivity contribution in [3.8, 4) is 11.8 Å². The SMILES string of the molecule is Cc1nc(NN)cc(Oc2cc(C)[nH]n2)n1. The van der Waals surface area contributed by atoms with Gasteiger partial charge in [0.25, 0.3) is 0 Å². The summed E-state index contributed by atoms with van der Waals surface area (Å²) in [4.78, 5) is 8.15. The summed E-state index contributed by atoms with van der Waals surface area (Å²) in [6, 6.07) is 3.37. The highest BCUT2D eigenvalue weighted by Crippen LogP contribution is 2.19. The van der Waals surface area contributed by atoms with Crippen molar-refractivity contribution in [2.45, 2.75) is 13.8 Å². The summed E-state index contributed by atoms with van der Waals surface area (Å²) in [5.41, 5.74) is 3.35. The van der Waals surface area contributed by atoms with Crippen LogP contribution in [0.15, 0.2) is 12.1 Å². The van der Waals surface area contributed by atoms with Gasteiger partial charge in [-0.25, -0.2) is 10.8 Å². The minimum Gasteiger partial charge on any atom is -0.419 e. The predicted octanol–water partition coefficient (Wildman–Crippen LogP) is 0.894. The number of ether oxygens (including phenoxy) is 1. The highest BCUT2D eigenvalue weighted by Gasteiger charge is 2.05. The first kappa shape index (κ1) is 10.4. The fourth-order valence-electron chi connectivity index (χ4n) is 1.22. The lowest BCUT2D eigenvalue weighted by molar-refractivity contribution is 0.441. The van der Waals surface area contributed by atoms with E-state index in [2.05, 4.69) is 25.6 Å². The Morgan fingerprint density at radius 2 is 2.06 bits per heavy atom. The normalized spacial score (nSPS) is 10.2. The van der Waals surface area contributed by atoms with Crippen LogP contribution in [0.1, 0.15) is 11.5 Å². The van der Waals surface area contributed by atoms with Crippen molar-refractivity contribution >= 4 is 5.82 Å². The molecule has 7 heteroatoms. The highest BCUT2D eigenvalue weighted by atomic mass is 16.5. The van der Waals surface area contributed by atoms with E-state index in [4.69, 9.17) is 10.6 Å². The molecule has 0 atom stereocenters. The first-order chi connectivity index (χ1) is 7.67. The van der Waals surface area contributed by atoms with Crippen LogP contribution in [0.4, 0.5) is 5.82 Å². The summed E-state index contributed by atoms with van der Waals surface area (Å²) in [6.07, 6.45) is 0. The quantitative estimate of drug-likeness (QED) is 0.524. The molecule has 0 bridgehead atoms.